The zero-order valence-corrected chi connectivity index (χ0v) is 43.0. The summed E-state index contributed by atoms with van der Waals surface area (Å²) in [6.07, 6.45) is 0. The quantitative estimate of drug-likeness (QED) is 0.0584. The number of nitrogens with zero attached hydrogens (tertiary/aromatic N) is 4. The molecule has 0 saturated carbocycles. The van der Waals surface area contributed by atoms with Crippen LogP contribution < -0.4 is 46.2 Å². The topological polar surface area (TPSA) is 192 Å². The molecule has 17 nitrogen and oxygen atoms in total. The molecule has 0 spiro atoms. The van der Waals surface area contributed by atoms with E-state index in [4.69, 9.17) is 31.4 Å². The number of aromatic nitrogens is 2. The van der Waals surface area contributed by atoms with Gasteiger partial charge in [-0.1, -0.05) is 157 Å². The van der Waals surface area contributed by atoms with Gasteiger partial charge >= 0.3 is 0 Å². The number of amides is 4. The van der Waals surface area contributed by atoms with E-state index in [1.807, 2.05) is 126 Å². The predicted molar refractivity (Wildman–Crippen MR) is 292 cm³/mol. The third-order valence-electron chi connectivity index (χ3n) is 11.9. The monoisotopic (exact) mass is 1060 g/mol. The van der Waals surface area contributed by atoms with Gasteiger partial charge < -0.3 is 35.1 Å². The number of ether oxygens (including phenoxy) is 2. The highest BCUT2D eigenvalue weighted by Gasteiger charge is 2.31. The van der Waals surface area contributed by atoms with E-state index in [0.717, 1.165) is 31.7 Å². The standard InChI is InChI=1S/C57H55N7O10S2/c65-49-25-13-23-47(63(49)73-39-43-19-9-3-10-20-43)54(68)59-30-33-61(34-31-60-55(69)48-24-14-26-50(66)64(48)74-40-44-21-11-4-12-22-44)32-29-58-53(67)45-27-28-46(56(70)62-35-36-76-57(62)75)52(72-38-42-17-7-2-8-18-42)51(45)71-37-41-15-5-1-6-16-41/h1-28H,29-40H2,(H,58,67)(H,59,68)(H,60,69). The Morgan fingerprint density at radius 1 is 0.487 bits per heavy atom. The van der Waals surface area contributed by atoms with E-state index in [1.54, 1.807) is 6.07 Å². The average molecular weight is 1060 g/mol. The summed E-state index contributed by atoms with van der Waals surface area (Å²) in [7, 11) is 0. The van der Waals surface area contributed by atoms with Crippen LogP contribution in [-0.2, 0) is 26.4 Å². The van der Waals surface area contributed by atoms with Crippen LogP contribution in [-0.4, -0.2) is 98.8 Å². The Hall–Kier alpha value is -8.52. The van der Waals surface area contributed by atoms with Crippen molar-refractivity contribution in [1.29, 1.82) is 0 Å². The SMILES string of the molecule is O=C(NCCN(CCNC(=O)c1cccc(=O)n1OCc1ccccc1)CCNC(=O)c1cccc(=O)n1OCc1ccccc1)c1ccc(C(=O)N2CCSC2=S)c(OCc2ccccc2)c1OCc1ccccc1. The first kappa shape index (κ1) is 53.8. The van der Waals surface area contributed by atoms with Gasteiger partial charge in [0.15, 0.2) is 11.5 Å². The number of thiocarbonyl (C=S) groups is 1. The van der Waals surface area contributed by atoms with E-state index >= 15 is 0 Å². The molecule has 5 aromatic carbocycles. The highest BCUT2D eigenvalue weighted by Crippen LogP contribution is 2.38. The van der Waals surface area contributed by atoms with Gasteiger partial charge in [0.2, 0.25) is 0 Å². The molecule has 19 heteroatoms. The van der Waals surface area contributed by atoms with E-state index in [2.05, 4.69) is 16.0 Å². The lowest BCUT2D eigenvalue weighted by atomic mass is 10.1. The molecule has 76 heavy (non-hydrogen) atoms. The number of rotatable bonds is 25. The molecule has 4 amide bonds. The van der Waals surface area contributed by atoms with Crippen molar-refractivity contribution in [2.24, 2.45) is 0 Å². The molecule has 1 aliphatic heterocycles. The van der Waals surface area contributed by atoms with Crippen LogP contribution in [0.3, 0.4) is 0 Å². The van der Waals surface area contributed by atoms with Gasteiger partial charge in [0.05, 0.1) is 11.1 Å². The fourth-order valence-electron chi connectivity index (χ4n) is 7.95. The Kier molecular flexibility index (Phi) is 19.2. The average Bonchev–Trinajstić information content (AvgIpc) is 3.89. The van der Waals surface area contributed by atoms with Crippen LogP contribution in [0.1, 0.15) is 63.9 Å². The smallest absolute Gasteiger partial charge is 0.283 e. The number of thioether (sulfide) groups is 1. The summed E-state index contributed by atoms with van der Waals surface area (Å²) in [5.74, 6) is -1.21. The van der Waals surface area contributed by atoms with Crippen molar-refractivity contribution >= 4 is 51.9 Å². The summed E-state index contributed by atoms with van der Waals surface area (Å²) < 4.78 is 15.3. The zero-order chi connectivity index (χ0) is 53.1. The van der Waals surface area contributed by atoms with Crippen LogP contribution in [0.4, 0.5) is 0 Å². The summed E-state index contributed by atoms with van der Waals surface area (Å²) in [5, 5.41) is 8.73. The lowest BCUT2D eigenvalue weighted by molar-refractivity contribution is 0.0708. The minimum Gasteiger partial charge on any atom is -0.484 e. The molecule has 1 aliphatic rings. The third kappa shape index (κ3) is 14.6. The van der Waals surface area contributed by atoms with Crippen LogP contribution >= 0.6 is 24.0 Å². The number of nitrogens with one attached hydrogen (secondary N) is 3. The van der Waals surface area contributed by atoms with Gasteiger partial charge in [0.25, 0.3) is 34.7 Å². The Morgan fingerprint density at radius 2 is 0.882 bits per heavy atom. The van der Waals surface area contributed by atoms with E-state index in [1.165, 1.54) is 59.1 Å². The zero-order valence-electron chi connectivity index (χ0n) is 41.3. The molecule has 7 aromatic rings. The van der Waals surface area contributed by atoms with Gasteiger partial charge in [-0.15, -0.1) is 9.46 Å². The molecule has 0 unspecified atom stereocenters. The molecular formula is C57H55N7O10S2. The normalized spacial score (nSPS) is 12.0. The van der Waals surface area contributed by atoms with Crippen molar-refractivity contribution in [2.75, 3.05) is 51.6 Å². The summed E-state index contributed by atoms with van der Waals surface area (Å²) in [6, 6.07) is 48.9. The highest BCUT2D eigenvalue weighted by atomic mass is 32.2. The molecular weight excluding hydrogens is 1010 g/mol. The van der Waals surface area contributed by atoms with Gasteiger partial charge in [-0.25, -0.2) is 0 Å². The van der Waals surface area contributed by atoms with Gasteiger partial charge in [-0.3, -0.25) is 38.6 Å². The van der Waals surface area contributed by atoms with Crippen LogP contribution in [0.25, 0.3) is 0 Å². The summed E-state index contributed by atoms with van der Waals surface area (Å²) in [5.41, 5.74) is 2.48. The molecule has 3 N–H and O–H groups in total. The van der Waals surface area contributed by atoms with E-state index in [9.17, 15) is 28.8 Å². The van der Waals surface area contributed by atoms with Crippen molar-refractivity contribution < 1.29 is 38.3 Å². The maximum absolute atomic E-state index is 14.4. The molecule has 2 aromatic heterocycles. The molecule has 390 valence electrons. The minimum absolute atomic E-state index is 0.00921. The Morgan fingerprint density at radius 3 is 1.30 bits per heavy atom. The molecule has 0 atom stereocenters. The minimum atomic E-state index is -0.564. The largest absolute Gasteiger partial charge is 0.484 e. The molecule has 8 rings (SSSR count). The Bertz CT molecular complexity index is 3120. The summed E-state index contributed by atoms with van der Waals surface area (Å²) in [6.45, 7) is 1.57. The second-order valence-corrected chi connectivity index (χ2v) is 18.9. The molecule has 0 aliphatic carbocycles. The van der Waals surface area contributed by atoms with Crippen LogP contribution in [0.15, 0.2) is 179 Å². The third-order valence-corrected chi connectivity index (χ3v) is 13.3. The van der Waals surface area contributed by atoms with Gasteiger partial charge in [-0.05, 0) is 46.5 Å². The van der Waals surface area contributed by atoms with Gasteiger partial charge in [-0.2, -0.15) is 0 Å². The first-order valence-electron chi connectivity index (χ1n) is 24.5. The van der Waals surface area contributed by atoms with Crippen LogP contribution in [0.5, 0.6) is 11.5 Å². The van der Waals surface area contributed by atoms with Gasteiger partial charge in [0.1, 0.15) is 42.1 Å². The van der Waals surface area contributed by atoms with Crippen molar-refractivity contribution in [1.82, 2.24) is 35.2 Å². The van der Waals surface area contributed by atoms with Crippen LogP contribution in [0.2, 0.25) is 0 Å². The summed E-state index contributed by atoms with van der Waals surface area (Å²) >= 11 is 6.94. The fraction of sp³-hybridized carbons (Fsp3) is 0.211. The molecule has 3 heterocycles. The van der Waals surface area contributed by atoms with Crippen molar-refractivity contribution in [2.45, 2.75) is 26.4 Å². The predicted octanol–water partition coefficient (Wildman–Crippen LogP) is 5.79. The van der Waals surface area contributed by atoms with Gasteiger partial charge in [0, 0.05) is 63.7 Å². The second-order valence-electron chi connectivity index (χ2n) is 17.2. The lowest BCUT2D eigenvalue weighted by Crippen LogP contribution is -2.44. The van der Waals surface area contributed by atoms with E-state index in [-0.39, 0.29) is 106 Å². The Labute approximate surface area is 448 Å². The number of pyridine rings is 2. The first-order valence-corrected chi connectivity index (χ1v) is 25.9. The fourth-order valence-corrected chi connectivity index (χ4v) is 9.16. The lowest BCUT2D eigenvalue weighted by Gasteiger charge is -2.24. The first-order chi connectivity index (χ1) is 37.1. The molecule has 1 saturated heterocycles. The van der Waals surface area contributed by atoms with Crippen LogP contribution in [0, 0.1) is 0 Å². The number of benzene rings is 5. The summed E-state index contributed by atoms with van der Waals surface area (Å²) in [4.78, 5) is 96.7. The molecule has 0 radical (unpaired) electrons. The second kappa shape index (κ2) is 27.1. The van der Waals surface area contributed by atoms with Crippen molar-refractivity contribution in [3.8, 4) is 11.5 Å². The number of hydrogen-bond donors (Lipinski definition) is 3. The van der Waals surface area contributed by atoms with E-state index in [0.29, 0.717) is 16.6 Å². The number of hydrogen-bond acceptors (Lipinski definition) is 13. The molecule has 0 bridgehead atoms. The number of carbonyl (C=O) groups is 4. The maximum atomic E-state index is 14.4. The van der Waals surface area contributed by atoms with Crippen molar-refractivity contribution in [3.63, 3.8) is 0 Å². The number of carbonyl (C=O) groups excluding carboxylic acids is 4. The molecule has 1 fully saturated rings. The van der Waals surface area contributed by atoms with Crippen molar-refractivity contribution in [3.05, 3.63) is 235 Å². The van der Waals surface area contributed by atoms with E-state index < -0.39 is 28.8 Å². The highest BCUT2D eigenvalue weighted by molar-refractivity contribution is 8.23. The maximum Gasteiger partial charge on any atom is 0.283 e. The Balaban J connectivity index is 0.998.